The molecule has 0 saturated carbocycles. The smallest absolute Gasteiger partial charge is 0.333 e. The van der Waals surface area contributed by atoms with Crippen LogP contribution in [0.15, 0.2) is 79.4 Å². The lowest BCUT2D eigenvalue weighted by Crippen LogP contribution is -2.68. The van der Waals surface area contributed by atoms with Gasteiger partial charge in [-0.3, -0.25) is 4.79 Å². The van der Waals surface area contributed by atoms with E-state index in [4.69, 9.17) is 4.74 Å². The van der Waals surface area contributed by atoms with Crippen molar-refractivity contribution in [3.63, 3.8) is 0 Å². The predicted octanol–water partition coefficient (Wildman–Crippen LogP) is 5.33. The monoisotopic (exact) mass is 403 g/mol. The summed E-state index contributed by atoms with van der Waals surface area (Å²) in [4.78, 5) is 28.6. The van der Waals surface area contributed by atoms with Crippen LogP contribution in [0.25, 0.3) is 6.08 Å². The molecule has 156 valence electrons. The number of carbonyl (C=O) groups excluding carboxylic acids is 2. The van der Waals surface area contributed by atoms with E-state index in [1.165, 1.54) is 0 Å². The Kier molecular flexibility index (Phi) is 6.25. The molecule has 1 fully saturated rings. The van der Waals surface area contributed by atoms with Gasteiger partial charge in [0.15, 0.2) is 5.60 Å². The highest BCUT2D eigenvalue weighted by atomic mass is 16.6. The molecule has 0 spiro atoms. The SMILES string of the molecule is C=CC[C@]1(C)OC(=O)[C@@](C)(C/C=C/c2ccccc2)N([C@@H](C)c2ccccc2)C1=O. The summed E-state index contributed by atoms with van der Waals surface area (Å²) in [6.07, 6.45) is 6.14. The molecule has 3 rings (SSSR count). The Bertz CT molecular complexity index is 937. The van der Waals surface area contributed by atoms with Crippen molar-refractivity contribution in [1.82, 2.24) is 4.90 Å². The van der Waals surface area contributed by atoms with Crippen molar-refractivity contribution in [2.75, 3.05) is 0 Å². The van der Waals surface area contributed by atoms with E-state index < -0.39 is 17.1 Å². The third-order valence-corrected chi connectivity index (χ3v) is 5.79. The number of cyclic esters (lactones) is 1. The first-order chi connectivity index (χ1) is 14.3. The van der Waals surface area contributed by atoms with Gasteiger partial charge in [0.25, 0.3) is 5.91 Å². The Morgan fingerprint density at radius 1 is 1.00 bits per heavy atom. The third kappa shape index (κ3) is 4.09. The van der Waals surface area contributed by atoms with Gasteiger partial charge in [0.1, 0.15) is 5.54 Å². The number of benzene rings is 2. The topological polar surface area (TPSA) is 46.6 Å². The molecule has 4 heteroatoms. The first-order valence-corrected chi connectivity index (χ1v) is 10.3. The van der Waals surface area contributed by atoms with Gasteiger partial charge in [-0.1, -0.05) is 78.9 Å². The molecule has 0 bridgehead atoms. The van der Waals surface area contributed by atoms with Gasteiger partial charge in [-0.15, -0.1) is 6.58 Å². The van der Waals surface area contributed by atoms with E-state index >= 15 is 0 Å². The third-order valence-electron chi connectivity index (χ3n) is 5.79. The predicted molar refractivity (Wildman–Crippen MR) is 120 cm³/mol. The van der Waals surface area contributed by atoms with Crippen LogP contribution in [-0.2, 0) is 14.3 Å². The van der Waals surface area contributed by atoms with Gasteiger partial charge >= 0.3 is 5.97 Å². The van der Waals surface area contributed by atoms with Gasteiger partial charge in [-0.2, -0.15) is 0 Å². The van der Waals surface area contributed by atoms with E-state index in [2.05, 4.69) is 6.58 Å². The second-order valence-electron chi connectivity index (χ2n) is 8.17. The summed E-state index contributed by atoms with van der Waals surface area (Å²) >= 11 is 0. The molecule has 0 aliphatic carbocycles. The first kappa shape index (κ1) is 21.6. The number of morpholine rings is 1. The van der Waals surface area contributed by atoms with Gasteiger partial charge in [0, 0.05) is 6.42 Å². The normalized spacial score (nSPS) is 25.2. The van der Waals surface area contributed by atoms with E-state index in [-0.39, 0.29) is 18.4 Å². The summed E-state index contributed by atoms with van der Waals surface area (Å²) in [5.74, 6) is -0.596. The van der Waals surface area contributed by atoms with E-state index in [1.807, 2.05) is 79.7 Å². The zero-order chi connectivity index (χ0) is 21.8. The lowest BCUT2D eigenvalue weighted by Gasteiger charge is -2.51. The summed E-state index contributed by atoms with van der Waals surface area (Å²) < 4.78 is 5.73. The van der Waals surface area contributed by atoms with Crippen molar-refractivity contribution in [2.45, 2.75) is 50.8 Å². The van der Waals surface area contributed by atoms with Crippen LogP contribution in [0.5, 0.6) is 0 Å². The maximum atomic E-state index is 13.6. The maximum absolute atomic E-state index is 13.6. The van der Waals surface area contributed by atoms with Crippen LogP contribution in [0, 0.1) is 0 Å². The fourth-order valence-electron chi connectivity index (χ4n) is 3.99. The van der Waals surface area contributed by atoms with Crippen molar-refractivity contribution in [3.05, 3.63) is 90.5 Å². The molecular formula is C26H29NO3. The summed E-state index contributed by atoms with van der Waals surface area (Å²) in [5, 5.41) is 0. The standard InChI is InChI=1S/C26H29NO3/c1-5-18-26(4)23(28)27(20(2)22-16-10-7-11-17-22)25(3,24(29)30-26)19-12-15-21-13-8-6-9-14-21/h5-17,20H,1,18-19H2,2-4H3/b15-12+/t20-,25+,26-/m0/s1. The molecule has 2 aromatic carbocycles. The van der Waals surface area contributed by atoms with Crippen molar-refractivity contribution in [2.24, 2.45) is 0 Å². The van der Waals surface area contributed by atoms with Gasteiger partial charge in [-0.25, -0.2) is 4.79 Å². The molecule has 3 atom stereocenters. The summed E-state index contributed by atoms with van der Waals surface area (Å²) in [5.41, 5.74) is -0.349. The quantitative estimate of drug-likeness (QED) is 0.464. The number of rotatable bonds is 7. The summed E-state index contributed by atoms with van der Waals surface area (Å²) in [6, 6.07) is 19.4. The van der Waals surface area contributed by atoms with E-state index in [0.29, 0.717) is 6.42 Å². The van der Waals surface area contributed by atoms with Gasteiger partial charge in [0.2, 0.25) is 0 Å². The lowest BCUT2D eigenvalue weighted by atomic mass is 9.85. The van der Waals surface area contributed by atoms with Crippen LogP contribution < -0.4 is 0 Å². The van der Waals surface area contributed by atoms with Crippen molar-refractivity contribution in [1.29, 1.82) is 0 Å². The maximum Gasteiger partial charge on any atom is 0.333 e. The molecule has 4 nitrogen and oxygen atoms in total. The highest BCUT2D eigenvalue weighted by molar-refractivity contribution is 5.98. The molecule has 0 N–H and O–H groups in total. The molecule has 1 heterocycles. The number of ether oxygens (including phenoxy) is 1. The Morgan fingerprint density at radius 2 is 1.60 bits per heavy atom. The zero-order valence-corrected chi connectivity index (χ0v) is 17.9. The summed E-state index contributed by atoms with van der Waals surface area (Å²) in [7, 11) is 0. The van der Waals surface area contributed by atoms with E-state index in [1.54, 1.807) is 24.8 Å². The molecule has 1 saturated heterocycles. The van der Waals surface area contributed by atoms with Gasteiger partial charge < -0.3 is 9.64 Å². The second-order valence-corrected chi connectivity index (χ2v) is 8.17. The van der Waals surface area contributed by atoms with Crippen molar-refractivity contribution < 1.29 is 14.3 Å². The largest absolute Gasteiger partial charge is 0.447 e. The Labute approximate surface area is 178 Å². The number of esters is 1. The minimum Gasteiger partial charge on any atom is -0.447 e. The van der Waals surface area contributed by atoms with E-state index in [0.717, 1.165) is 11.1 Å². The Hall–Kier alpha value is -3.14. The zero-order valence-electron chi connectivity index (χ0n) is 17.9. The van der Waals surface area contributed by atoms with Gasteiger partial charge in [-0.05, 0) is 38.3 Å². The van der Waals surface area contributed by atoms with Crippen LogP contribution >= 0.6 is 0 Å². The molecule has 2 aromatic rings. The minimum absolute atomic E-state index is 0.200. The van der Waals surface area contributed by atoms with Crippen LogP contribution in [0.2, 0.25) is 0 Å². The van der Waals surface area contributed by atoms with E-state index in [9.17, 15) is 9.59 Å². The van der Waals surface area contributed by atoms with Crippen molar-refractivity contribution >= 4 is 18.0 Å². The average Bonchev–Trinajstić information content (AvgIpc) is 2.74. The molecular weight excluding hydrogens is 374 g/mol. The highest BCUT2D eigenvalue weighted by Gasteiger charge is 2.57. The van der Waals surface area contributed by atoms with Crippen LogP contribution in [0.3, 0.4) is 0 Å². The van der Waals surface area contributed by atoms with Crippen LogP contribution in [0.4, 0.5) is 0 Å². The highest BCUT2D eigenvalue weighted by Crippen LogP contribution is 2.40. The Morgan fingerprint density at radius 3 is 2.20 bits per heavy atom. The number of hydrogen-bond donors (Lipinski definition) is 0. The number of carbonyl (C=O) groups is 2. The van der Waals surface area contributed by atoms with Crippen LogP contribution in [0.1, 0.15) is 50.8 Å². The Balaban J connectivity index is 1.99. The number of amides is 1. The van der Waals surface area contributed by atoms with Crippen LogP contribution in [-0.4, -0.2) is 27.9 Å². The fourth-order valence-corrected chi connectivity index (χ4v) is 3.99. The number of nitrogens with zero attached hydrogens (tertiary/aromatic N) is 1. The molecule has 0 radical (unpaired) electrons. The minimum atomic E-state index is -1.25. The average molecular weight is 404 g/mol. The number of hydrogen-bond acceptors (Lipinski definition) is 3. The molecule has 1 aliphatic heterocycles. The second kappa shape index (κ2) is 8.70. The fraction of sp³-hybridized carbons (Fsp3) is 0.308. The molecule has 0 aromatic heterocycles. The molecule has 30 heavy (non-hydrogen) atoms. The molecule has 1 aliphatic rings. The van der Waals surface area contributed by atoms with Gasteiger partial charge in [0.05, 0.1) is 6.04 Å². The summed E-state index contributed by atoms with van der Waals surface area (Å²) in [6.45, 7) is 9.14. The molecule has 0 unspecified atom stereocenters. The van der Waals surface area contributed by atoms with Crippen molar-refractivity contribution in [3.8, 4) is 0 Å². The lowest BCUT2D eigenvalue weighted by molar-refractivity contribution is -0.203. The first-order valence-electron chi connectivity index (χ1n) is 10.3. The molecule has 1 amide bonds.